The number of rotatable bonds is 4. The summed E-state index contributed by atoms with van der Waals surface area (Å²) >= 11 is 0. The van der Waals surface area contributed by atoms with Crippen LogP contribution in [0.5, 0.6) is 0 Å². The molecule has 2 aromatic rings. The van der Waals surface area contributed by atoms with Crippen molar-refractivity contribution >= 4 is 0 Å². The Labute approximate surface area is 119 Å². The third-order valence-electron chi connectivity index (χ3n) is 3.53. The van der Waals surface area contributed by atoms with Gasteiger partial charge in [0.1, 0.15) is 5.82 Å². The normalized spacial score (nSPS) is 14.5. The molecule has 1 fully saturated rings. The van der Waals surface area contributed by atoms with Crippen LogP contribution in [0.15, 0.2) is 30.3 Å². The first-order valence-corrected chi connectivity index (χ1v) is 6.71. The quantitative estimate of drug-likeness (QED) is 0.659. The van der Waals surface area contributed by atoms with Crippen molar-refractivity contribution in [3.05, 3.63) is 59.2 Å². The lowest BCUT2D eigenvalue weighted by molar-refractivity contribution is 0.447. The van der Waals surface area contributed by atoms with Gasteiger partial charge in [-0.2, -0.15) is 0 Å². The van der Waals surface area contributed by atoms with Crippen LogP contribution in [0, 0.1) is 23.3 Å². The van der Waals surface area contributed by atoms with Crippen LogP contribution in [-0.2, 0) is 6.54 Å². The monoisotopic (exact) mass is 295 g/mol. The number of benzene rings is 2. The molecule has 110 valence electrons. The molecule has 1 saturated carbocycles. The van der Waals surface area contributed by atoms with Crippen LogP contribution < -0.4 is 5.32 Å². The highest BCUT2D eigenvalue weighted by molar-refractivity contribution is 5.64. The van der Waals surface area contributed by atoms with Gasteiger partial charge in [-0.15, -0.1) is 0 Å². The second-order valence-corrected chi connectivity index (χ2v) is 5.22. The standard InChI is InChI=1S/C16H13F4N/c17-13-5-9(1-2-10(13)8-21-12-3-4-12)11-6-14(18)16(20)15(19)7-11/h1-2,5-7,12,21H,3-4,8H2. The predicted octanol–water partition coefficient (Wildman–Crippen LogP) is 4.16. The van der Waals surface area contributed by atoms with Gasteiger partial charge in [-0.05, 0) is 42.2 Å². The minimum absolute atomic E-state index is 0.104. The van der Waals surface area contributed by atoms with Crippen molar-refractivity contribution in [1.29, 1.82) is 0 Å². The fourth-order valence-electron chi connectivity index (χ4n) is 2.13. The topological polar surface area (TPSA) is 12.0 Å². The molecule has 0 bridgehead atoms. The van der Waals surface area contributed by atoms with E-state index in [1.165, 1.54) is 6.07 Å². The third-order valence-corrected chi connectivity index (χ3v) is 3.53. The minimum atomic E-state index is -1.52. The zero-order valence-electron chi connectivity index (χ0n) is 11.1. The Kier molecular flexibility index (Phi) is 3.68. The smallest absolute Gasteiger partial charge is 0.194 e. The van der Waals surface area contributed by atoms with Gasteiger partial charge < -0.3 is 5.32 Å². The Balaban J connectivity index is 1.86. The fraction of sp³-hybridized carbons (Fsp3) is 0.250. The van der Waals surface area contributed by atoms with Gasteiger partial charge in [0.25, 0.3) is 0 Å². The third kappa shape index (κ3) is 3.08. The molecule has 0 atom stereocenters. The van der Waals surface area contributed by atoms with Crippen LogP contribution in [0.3, 0.4) is 0 Å². The van der Waals surface area contributed by atoms with Crippen LogP contribution in [0.4, 0.5) is 17.6 Å². The summed E-state index contributed by atoms with van der Waals surface area (Å²) in [4.78, 5) is 0. The van der Waals surface area contributed by atoms with E-state index in [1.54, 1.807) is 12.1 Å². The molecular weight excluding hydrogens is 282 g/mol. The number of hydrogen-bond acceptors (Lipinski definition) is 1. The Morgan fingerprint density at radius 2 is 1.48 bits per heavy atom. The molecule has 0 radical (unpaired) electrons. The molecule has 1 aliphatic carbocycles. The van der Waals surface area contributed by atoms with Crippen molar-refractivity contribution in [3.8, 4) is 11.1 Å². The van der Waals surface area contributed by atoms with E-state index in [-0.39, 0.29) is 5.56 Å². The fourth-order valence-corrected chi connectivity index (χ4v) is 2.13. The van der Waals surface area contributed by atoms with E-state index in [2.05, 4.69) is 5.32 Å². The highest BCUT2D eigenvalue weighted by Crippen LogP contribution is 2.26. The van der Waals surface area contributed by atoms with Crippen molar-refractivity contribution in [2.45, 2.75) is 25.4 Å². The van der Waals surface area contributed by atoms with E-state index in [0.717, 1.165) is 25.0 Å². The van der Waals surface area contributed by atoms with Crippen molar-refractivity contribution in [2.24, 2.45) is 0 Å². The Morgan fingerprint density at radius 3 is 2.05 bits per heavy atom. The Morgan fingerprint density at radius 1 is 0.857 bits per heavy atom. The molecule has 1 N–H and O–H groups in total. The molecule has 21 heavy (non-hydrogen) atoms. The van der Waals surface area contributed by atoms with Crippen molar-refractivity contribution in [1.82, 2.24) is 5.32 Å². The minimum Gasteiger partial charge on any atom is -0.310 e. The molecule has 0 unspecified atom stereocenters. The highest BCUT2D eigenvalue weighted by atomic mass is 19.2. The van der Waals surface area contributed by atoms with Gasteiger partial charge in [-0.1, -0.05) is 12.1 Å². The zero-order valence-corrected chi connectivity index (χ0v) is 11.1. The molecule has 3 rings (SSSR count). The number of nitrogens with one attached hydrogen (secondary N) is 1. The average molecular weight is 295 g/mol. The molecule has 1 nitrogen and oxygen atoms in total. The lowest BCUT2D eigenvalue weighted by atomic mass is 10.0. The van der Waals surface area contributed by atoms with Crippen LogP contribution in [0.1, 0.15) is 18.4 Å². The summed E-state index contributed by atoms with van der Waals surface area (Å²) in [5.74, 6) is -4.55. The van der Waals surface area contributed by atoms with Gasteiger partial charge >= 0.3 is 0 Å². The molecule has 0 spiro atoms. The molecule has 0 aliphatic heterocycles. The average Bonchev–Trinajstić information content (AvgIpc) is 3.27. The molecule has 0 aromatic heterocycles. The van der Waals surface area contributed by atoms with Crippen LogP contribution in [0.25, 0.3) is 11.1 Å². The van der Waals surface area contributed by atoms with Crippen molar-refractivity contribution in [3.63, 3.8) is 0 Å². The number of halogens is 4. The molecule has 1 aliphatic rings. The van der Waals surface area contributed by atoms with Crippen LogP contribution in [0.2, 0.25) is 0 Å². The van der Waals surface area contributed by atoms with Gasteiger partial charge in [0.05, 0.1) is 0 Å². The molecule has 0 saturated heterocycles. The molecule has 0 heterocycles. The summed E-state index contributed by atoms with van der Waals surface area (Å²) in [7, 11) is 0. The van der Waals surface area contributed by atoms with Gasteiger partial charge in [0.15, 0.2) is 17.5 Å². The Bertz CT molecular complexity index is 657. The second-order valence-electron chi connectivity index (χ2n) is 5.22. The maximum Gasteiger partial charge on any atom is 0.194 e. The van der Waals surface area contributed by atoms with E-state index < -0.39 is 23.3 Å². The second kappa shape index (κ2) is 5.48. The van der Waals surface area contributed by atoms with E-state index in [9.17, 15) is 17.6 Å². The van der Waals surface area contributed by atoms with E-state index >= 15 is 0 Å². The first kappa shape index (κ1) is 14.1. The summed E-state index contributed by atoms with van der Waals surface area (Å²) in [6.07, 6.45) is 2.21. The SMILES string of the molecule is Fc1cc(-c2cc(F)c(F)c(F)c2)ccc1CNC1CC1. The summed E-state index contributed by atoms with van der Waals surface area (Å²) in [6, 6.07) is 6.52. The van der Waals surface area contributed by atoms with Gasteiger partial charge in [0, 0.05) is 18.2 Å². The summed E-state index contributed by atoms with van der Waals surface area (Å²) in [6.45, 7) is 0.420. The van der Waals surface area contributed by atoms with Crippen molar-refractivity contribution < 1.29 is 17.6 Å². The van der Waals surface area contributed by atoms with Crippen LogP contribution in [-0.4, -0.2) is 6.04 Å². The predicted molar refractivity (Wildman–Crippen MR) is 71.6 cm³/mol. The highest BCUT2D eigenvalue weighted by Gasteiger charge is 2.20. The molecule has 0 amide bonds. The largest absolute Gasteiger partial charge is 0.310 e. The molecular formula is C16H13F4N. The maximum absolute atomic E-state index is 14.0. The summed E-state index contributed by atoms with van der Waals surface area (Å²) in [5, 5.41) is 3.19. The van der Waals surface area contributed by atoms with Gasteiger partial charge in [-0.3, -0.25) is 0 Å². The lowest BCUT2D eigenvalue weighted by Crippen LogP contribution is -2.16. The van der Waals surface area contributed by atoms with E-state index in [4.69, 9.17) is 0 Å². The molecule has 2 aromatic carbocycles. The number of hydrogen-bond donors (Lipinski definition) is 1. The first-order valence-electron chi connectivity index (χ1n) is 6.71. The maximum atomic E-state index is 14.0. The summed E-state index contributed by atoms with van der Waals surface area (Å²) < 4.78 is 53.3. The zero-order chi connectivity index (χ0) is 15.0. The molecule has 5 heteroatoms. The summed E-state index contributed by atoms with van der Waals surface area (Å²) in [5.41, 5.74) is 0.904. The Hall–Kier alpha value is -1.88. The van der Waals surface area contributed by atoms with Gasteiger partial charge in [0.2, 0.25) is 0 Å². The van der Waals surface area contributed by atoms with Gasteiger partial charge in [-0.25, -0.2) is 17.6 Å². The van der Waals surface area contributed by atoms with E-state index in [1.807, 2.05) is 0 Å². The first-order chi connectivity index (χ1) is 10.0. The van der Waals surface area contributed by atoms with Crippen LogP contribution >= 0.6 is 0 Å². The lowest BCUT2D eigenvalue weighted by Gasteiger charge is -2.08. The van der Waals surface area contributed by atoms with E-state index in [0.29, 0.717) is 23.7 Å². The van der Waals surface area contributed by atoms with Crippen molar-refractivity contribution in [2.75, 3.05) is 0 Å².